The number of likely N-dealkylation sites (tertiary alicyclic amines) is 1. The zero-order valence-electron chi connectivity index (χ0n) is 11.8. The van der Waals surface area contributed by atoms with Crippen LogP contribution in [0, 0.1) is 13.8 Å². The smallest absolute Gasteiger partial charge is 0.238 e. The molecule has 1 aliphatic heterocycles. The largest absolute Gasteiger partial charge is 0.329 e. The van der Waals surface area contributed by atoms with Crippen molar-refractivity contribution >= 4 is 11.6 Å². The summed E-state index contributed by atoms with van der Waals surface area (Å²) < 4.78 is 0. The van der Waals surface area contributed by atoms with Gasteiger partial charge in [-0.3, -0.25) is 9.69 Å². The molecule has 1 atom stereocenters. The number of hydrogen-bond acceptors (Lipinski definition) is 3. The Morgan fingerprint density at radius 1 is 1.42 bits per heavy atom. The molecule has 0 bridgehead atoms. The quantitative estimate of drug-likeness (QED) is 0.866. The number of amides is 1. The molecule has 0 aromatic heterocycles. The summed E-state index contributed by atoms with van der Waals surface area (Å²) in [6.07, 6.45) is 2.24. The Morgan fingerprint density at radius 3 is 2.89 bits per heavy atom. The number of nitrogens with one attached hydrogen (secondary N) is 1. The molecule has 1 unspecified atom stereocenters. The second-order valence-corrected chi connectivity index (χ2v) is 5.35. The van der Waals surface area contributed by atoms with E-state index in [4.69, 9.17) is 5.73 Å². The molecule has 3 N–H and O–H groups in total. The van der Waals surface area contributed by atoms with Gasteiger partial charge in [-0.2, -0.15) is 0 Å². The van der Waals surface area contributed by atoms with Gasteiger partial charge in [0.1, 0.15) is 0 Å². The fourth-order valence-electron chi connectivity index (χ4n) is 2.57. The number of carbonyl (C=O) groups is 1. The van der Waals surface area contributed by atoms with Crippen LogP contribution in [-0.4, -0.2) is 36.5 Å². The van der Waals surface area contributed by atoms with Gasteiger partial charge in [0.25, 0.3) is 0 Å². The van der Waals surface area contributed by atoms with Crippen molar-refractivity contribution in [1.29, 1.82) is 0 Å². The molecule has 0 radical (unpaired) electrons. The van der Waals surface area contributed by atoms with E-state index in [1.165, 1.54) is 11.1 Å². The third-order valence-corrected chi connectivity index (χ3v) is 3.91. The Bertz CT molecular complexity index is 459. The highest BCUT2D eigenvalue weighted by atomic mass is 16.2. The first kappa shape index (κ1) is 14.0. The average molecular weight is 261 g/mol. The van der Waals surface area contributed by atoms with E-state index in [1.807, 2.05) is 18.2 Å². The maximum atomic E-state index is 12.0. The highest BCUT2D eigenvalue weighted by molar-refractivity contribution is 5.92. The number of hydrogen-bond donors (Lipinski definition) is 2. The van der Waals surface area contributed by atoms with E-state index in [1.54, 1.807) is 0 Å². The minimum Gasteiger partial charge on any atom is -0.329 e. The summed E-state index contributed by atoms with van der Waals surface area (Å²) in [6.45, 7) is 6.17. The molecule has 0 spiro atoms. The summed E-state index contributed by atoms with van der Waals surface area (Å²) in [4.78, 5) is 14.2. The van der Waals surface area contributed by atoms with Crippen molar-refractivity contribution in [3.63, 3.8) is 0 Å². The van der Waals surface area contributed by atoms with E-state index < -0.39 is 0 Å². The van der Waals surface area contributed by atoms with Crippen LogP contribution in [0.5, 0.6) is 0 Å². The monoisotopic (exact) mass is 261 g/mol. The van der Waals surface area contributed by atoms with Gasteiger partial charge in [0, 0.05) is 18.3 Å². The van der Waals surface area contributed by atoms with Crippen LogP contribution < -0.4 is 11.1 Å². The van der Waals surface area contributed by atoms with Crippen LogP contribution >= 0.6 is 0 Å². The summed E-state index contributed by atoms with van der Waals surface area (Å²) in [6, 6.07) is 6.36. The SMILES string of the molecule is Cc1ccc(NC(=O)CN2CCCC2CN)cc1C. The number of rotatable bonds is 4. The van der Waals surface area contributed by atoms with Crippen molar-refractivity contribution in [3.8, 4) is 0 Å². The number of benzene rings is 1. The molecule has 104 valence electrons. The van der Waals surface area contributed by atoms with Crippen molar-refractivity contribution in [2.75, 3.05) is 25.0 Å². The van der Waals surface area contributed by atoms with E-state index in [0.717, 1.165) is 25.1 Å². The van der Waals surface area contributed by atoms with Crippen LogP contribution in [0.4, 0.5) is 5.69 Å². The van der Waals surface area contributed by atoms with Gasteiger partial charge in [-0.1, -0.05) is 6.07 Å². The molecule has 2 rings (SSSR count). The Kier molecular flexibility index (Phi) is 4.56. The van der Waals surface area contributed by atoms with Gasteiger partial charge in [-0.05, 0) is 56.5 Å². The van der Waals surface area contributed by atoms with Gasteiger partial charge in [0.2, 0.25) is 5.91 Å². The number of nitrogens with two attached hydrogens (primary N) is 1. The normalized spacial score (nSPS) is 19.6. The Balaban J connectivity index is 1.92. The predicted octanol–water partition coefficient (Wildman–Crippen LogP) is 1.67. The molecule has 1 heterocycles. The van der Waals surface area contributed by atoms with Crippen LogP contribution in [0.2, 0.25) is 0 Å². The summed E-state index contributed by atoms with van der Waals surface area (Å²) in [5, 5.41) is 2.96. The number of anilines is 1. The molecule has 1 saturated heterocycles. The zero-order valence-corrected chi connectivity index (χ0v) is 11.8. The topological polar surface area (TPSA) is 58.4 Å². The van der Waals surface area contributed by atoms with Crippen molar-refractivity contribution in [1.82, 2.24) is 4.90 Å². The predicted molar refractivity (Wildman–Crippen MR) is 78.2 cm³/mol. The van der Waals surface area contributed by atoms with E-state index in [2.05, 4.69) is 24.1 Å². The first-order chi connectivity index (χ1) is 9.10. The third-order valence-electron chi connectivity index (χ3n) is 3.91. The van der Waals surface area contributed by atoms with Crippen LogP contribution in [0.15, 0.2) is 18.2 Å². The molecule has 0 aliphatic carbocycles. The van der Waals surface area contributed by atoms with Crippen LogP contribution in [0.3, 0.4) is 0 Å². The highest BCUT2D eigenvalue weighted by Crippen LogP contribution is 2.17. The minimum absolute atomic E-state index is 0.0450. The lowest BCUT2D eigenvalue weighted by molar-refractivity contribution is -0.117. The molecule has 19 heavy (non-hydrogen) atoms. The lowest BCUT2D eigenvalue weighted by Gasteiger charge is -2.22. The van der Waals surface area contributed by atoms with Gasteiger partial charge in [0.15, 0.2) is 0 Å². The maximum absolute atomic E-state index is 12.0. The Labute approximate surface area is 115 Å². The molecule has 1 aromatic rings. The van der Waals surface area contributed by atoms with Crippen LogP contribution in [0.1, 0.15) is 24.0 Å². The number of carbonyl (C=O) groups excluding carboxylic acids is 1. The van der Waals surface area contributed by atoms with Crippen molar-refractivity contribution in [2.24, 2.45) is 5.73 Å². The molecule has 1 aliphatic rings. The molecular weight excluding hydrogens is 238 g/mol. The Morgan fingerprint density at radius 2 is 2.21 bits per heavy atom. The van der Waals surface area contributed by atoms with Crippen LogP contribution in [0.25, 0.3) is 0 Å². The number of nitrogens with zero attached hydrogens (tertiary/aromatic N) is 1. The van der Waals surface area contributed by atoms with E-state index in [0.29, 0.717) is 19.1 Å². The lowest BCUT2D eigenvalue weighted by atomic mass is 10.1. The van der Waals surface area contributed by atoms with Gasteiger partial charge in [0.05, 0.1) is 6.54 Å². The van der Waals surface area contributed by atoms with E-state index in [-0.39, 0.29) is 5.91 Å². The standard InChI is InChI=1S/C15H23N3O/c1-11-5-6-13(8-12(11)2)17-15(19)10-18-7-3-4-14(18)9-16/h5-6,8,14H,3-4,7,9-10,16H2,1-2H3,(H,17,19). The van der Waals surface area contributed by atoms with Gasteiger partial charge < -0.3 is 11.1 Å². The van der Waals surface area contributed by atoms with E-state index >= 15 is 0 Å². The fourth-order valence-corrected chi connectivity index (χ4v) is 2.57. The summed E-state index contributed by atoms with van der Waals surface area (Å²) in [7, 11) is 0. The second-order valence-electron chi connectivity index (χ2n) is 5.35. The molecule has 1 amide bonds. The molecular formula is C15H23N3O. The highest BCUT2D eigenvalue weighted by Gasteiger charge is 2.24. The first-order valence-electron chi connectivity index (χ1n) is 6.91. The zero-order chi connectivity index (χ0) is 13.8. The molecule has 1 aromatic carbocycles. The van der Waals surface area contributed by atoms with Gasteiger partial charge in [-0.15, -0.1) is 0 Å². The number of aryl methyl sites for hydroxylation is 2. The third kappa shape index (κ3) is 3.55. The van der Waals surface area contributed by atoms with Crippen molar-refractivity contribution < 1.29 is 4.79 Å². The van der Waals surface area contributed by atoms with Crippen molar-refractivity contribution in [3.05, 3.63) is 29.3 Å². The molecule has 4 heteroatoms. The molecule has 4 nitrogen and oxygen atoms in total. The summed E-state index contributed by atoms with van der Waals surface area (Å²) >= 11 is 0. The lowest BCUT2D eigenvalue weighted by Crippen LogP contribution is -2.40. The Hall–Kier alpha value is -1.39. The minimum atomic E-state index is 0.0450. The van der Waals surface area contributed by atoms with Gasteiger partial charge in [-0.25, -0.2) is 0 Å². The summed E-state index contributed by atoms with van der Waals surface area (Å²) in [5.74, 6) is 0.0450. The average Bonchev–Trinajstić information content (AvgIpc) is 2.81. The molecule has 1 fully saturated rings. The maximum Gasteiger partial charge on any atom is 0.238 e. The fraction of sp³-hybridized carbons (Fsp3) is 0.533. The van der Waals surface area contributed by atoms with Crippen LogP contribution in [-0.2, 0) is 4.79 Å². The summed E-state index contributed by atoms with van der Waals surface area (Å²) in [5.41, 5.74) is 9.02. The van der Waals surface area contributed by atoms with Crippen molar-refractivity contribution in [2.45, 2.75) is 32.7 Å². The first-order valence-corrected chi connectivity index (χ1v) is 6.91. The molecule has 0 saturated carbocycles. The second kappa shape index (κ2) is 6.17. The van der Waals surface area contributed by atoms with Gasteiger partial charge >= 0.3 is 0 Å². The van der Waals surface area contributed by atoms with E-state index in [9.17, 15) is 4.79 Å².